The zero-order chi connectivity index (χ0) is 17.7. The molecular formula is C18H17F2NO3. The lowest BCUT2D eigenvalue weighted by Crippen LogP contribution is -2.22. The van der Waals surface area contributed by atoms with Crippen LogP contribution in [0.15, 0.2) is 36.4 Å². The van der Waals surface area contributed by atoms with Gasteiger partial charge in [0, 0.05) is 11.8 Å². The maximum absolute atomic E-state index is 13.5. The molecule has 24 heavy (non-hydrogen) atoms. The molecule has 4 nitrogen and oxygen atoms in total. The minimum atomic E-state index is -1.03. The molecule has 0 spiro atoms. The molecule has 0 aromatic heterocycles. The Hall–Kier alpha value is -2.76. The number of para-hydroxylation sites is 1. The van der Waals surface area contributed by atoms with Gasteiger partial charge < -0.3 is 10.1 Å². The second-order valence-electron chi connectivity index (χ2n) is 5.21. The number of nitrogens with one attached hydrogen (secondary N) is 1. The number of carbonyl (C=O) groups is 2. The summed E-state index contributed by atoms with van der Waals surface area (Å²) in [5, 5.41) is 2.69. The van der Waals surface area contributed by atoms with Crippen LogP contribution in [0.3, 0.4) is 0 Å². The molecular weight excluding hydrogens is 316 g/mol. The van der Waals surface area contributed by atoms with Crippen LogP contribution in [0.25, 0.3) is 0 Å². The largest absolute Gasteiger partial charge is 0.452 e. The fraction of sp³-hybridized carbons (Fsp3) is 0.222. The van der Waals surface area contributed by atoms with Crippen LogP contribution in [0.1, 0.15) is 28.4 Å². The zero-order valence-electron chi connectivity index (χ0n) is 13.4. The molecule has 0 fully saturated rings. The first-order valence-corrected chi connectivity index (χ1v) is 7.43. The van der Waals surface area contributed by atoms with E-state index < -0.39 is 35.7 Å². The monoisotopic (exact) mass is 333 g/mol. The van der Waals surface area contributed by atoms with Gasteiger partial charge in [0.1, 0.15) is 11.6 Å². The summed E-state index contributed by atoms with van der Waals surface area (Å²) >= 11 is 0. The van der Waals surface area contributed by atoms with E-state index in [1.165, 1.54) is 0 Å². The van der Waals surface area contributed by atoms with E-state index >= 15 is 0 Å². The third-order valence-corrected chi connectivity index (χ3v) is 3.49. The van der Waals surface area contributed by atoms with Crippen molar-refractivity contribution in [3.63, 3.8) is 0 Å². The standard InChI is InChI=1S/C18H17F2NO3/c1-3-12-6-4-5-11(2)17(12)21-16(22)10-24-18(23)14-8-7-13(19)9-15(14)20/h4-9H,3,10H2,1-2H3,(H,21,22). The third kappa shape index (κ3) is 4.16. The van der Waals surface area contributed by atoms with E-state index in [2.05, 4.69) is 5.32 Å². The quantitative estimate of drug-likeness (QED) is 0.850. The van der Waals surface area contributed by atoms with Crippen molar-refractivity contribution >= 4 is 17.6 Å². The van der Waals surface area contributed by atoms with Crippen LogP contribution >= 0.6 is 0 Å². The number of amides is 1. The molecule has 0 bridgehead atoms. The van der Waals surface area contributed by atoms with Gasteiger partial charge in [-0.3, -0.25) is 4.79 Å². The summed E-state index contributed by atoms with van der Waals surface area (Å²) in [5.74, 6) is -3.39. The molecule has 0 aliphatic carbocycles. The molecule has 6 heteroatoms. The highest BCUT2D eigenvalue weighted by Crippen LogP contribution is 2.21. The highest BCUT2D eigenvalue weighted by molar-refractivity contribution is 5.96. The number of hydrogen-bond acceptors (Lipinski definition) is 3. The molecule has 2 rings (SSSR count). The van der Waals surface area contributed by atoms with Crippen molar-refractivity contribution in [1.29, 1.82) is 0 Å². The van der Waals surface area contributed by atoms with Crippen molar-refractivity contribution in [2.45, 2.75) is 20.3 Å². The number of esters is 1. The molecule has 0 atom stereocenters. The number of benzene rings is 2. The Morgan fingerprint density at radius 2 is 1.92 bits per heavy atom. The number of halogens is 2. The average Bonchev–Trinajstić information content (AvgIpc) is 2.54. The lowest BCUT2D eigenvalue weighted by molar-refractivity contribution is -0.119. The first-order valence-electron chi connectivity index (χ1n) is 7.43. The lowest BCUT2D eigenvalue weighted by atomic mass is 10.1. The second-order valence-corrected chi connectivity index (χ2v) is 5.21. The van der Waals surface area contributed by atoms with Gasteiger partial charge in [-0.25, -0.2) is 13.6 Å². The second kappa shape index (κ2) is 7.68. The Balaban J connectivity index is 2.00. The predicted molar refractivity (Wildman–Crippen MR) is 85.8 cm³/mol. The maximum atomic E-state index is 13.5. The van der Waals surface area contributed by atoms with Crippen LogP contribution < -0.4 is 5.32 Å². The molecule has 1 N–H and O–H groups in total. The van der Waals surface area contributed by atoms with E-state index in [4.69, 9.17) is 4.74 Å². The van der Waals surface area contributed by atoms with Crippen molar-refractivity contribution in [3.05, 3.63) is 64.7 Å². The van der Waals surface area contributed by atoms with Crippen LogP contribution in [-0.2, 0) is 16.0 Å². The Bertz CT molecular complexity index is 775. The number of hydrogen-bond donors (Lipinski definition) is 1. The summed E-state index contributed by atoms with van der Waals surface area (Å²) in [4.78, 5) is 23.7. The van der Waals surface area contributed by atoms with Crippen LogP contribution in [0.4, 0.5) is 14.5 Å². The molecule has 0 saturated heterocycles. The van der Waals surface area contributed by atoms with Gasteiger partial charge in [0.15, 0.2) is 6.61 Å². The molecule has 0 radical (unpaired) electrons. The van der Waals surface area contributed by atoms with Crippen molar-refractivity contribution in [2.75, 3.05) is 11.9 Å². The van der Waals surface area contributed by atoms with Crippen molar-refractivity contribution in [1.82, 2.24) is 0 Å². The van der Waals surface area contributed by atoms with Crippen LogP contribution in [0.2, 0.25) is 0 Å². The molecule has 2 aromatic carbocycles. The summed E-state index contributed by atoms with van der Waals surface area (Å²) in [5.41, 5.74) is 2.10. The SMILES string of the molecule is CCc1cccc(C)c1NC(=O)COC(=O)c1ccc(F)cc1F. The van der Waals surface area contributed by atoms with Gasteiger partial charge in [-0.05, 0) is 36.6 Å². The normalized spacial score (nSPS) is 10.3. The molecule has 0 aliphatic rings. The highest BCUT2D eigenvalue weighted by atomic mass is 19.1. The predicted octanol–water partition coefficient (Wildman–Crippen LogP) is 3.63. The maximum Gasteiger partial charge on any atom is 0.341 e. The minimum absolute atomic E-state index is 0.422. The van der Waals surface area contributed by atoms with Crippen LogP contribution in [0, 0.1) is 18.6 Å². The van der Waals surface area contributed by atoms with Gasteiger partial charge >= 0.3 is 5.97 Å². The van der Waals surface area contributed by atoms with Gasteiger partial charge in [-0.15, -0.1) is 0 Å². The molecule has 0 heterocycles. The molecule has 126 valence electrons. The van der Waals surface area contributed by atoms with Gasteiger partial charge in [0.2, 0.25) is 0 Å². The van der Waals surface area contributed by atoms with E-state index in [0.29, 0.717) is 11.8 Å². The molecule has 0 saturated carbocycles. The molecule has 0 unspecified atom stereocenters. The Morgan fingerprint density at radius 1 is 1.17 bits per heavy atom. The Kier molecular flexibility index (Phi) is 5.63. The topological polar surface area (TPSA) is 55.4 Å². The van der Waals surface area contributed by atoms with Gasteiger partial charge in [0.05, 0.1) is 5.56 Å². The van der Waals surface area contributed by atoms with Crippen LogP contribution in [0.5, 0.6) is 0 Å². The van der Waals surface area contributed by atoms with Crippen LogP contribution in [-0.4, -0.2) is 18.5 Å². The molecule has 2 aromatic rings. The summed E-state index contributed by atoms with van der Waals surface area (Å²) < 4.78 is 31.1. The van der Waals surface area contributed by atoms with E-state index in [0.717, 1.165) is 29.7 Å². The number of carbonyl (C=O) groups excluding carboxylic acids is 2. The molecule has 0 aliphatic heterocycles. The Labute approximate surface area is 138 Å². The summed E-state index contributed by atoms with van der Waals surface area (Å²) in [7, 11) is 0. The van der Waals surface area contributed by atoms with Gasteiger partial charge in [-0.1, -0.05) is 25.1 Å². The average molecular weight is 333 g/mol. The van der Waals surface area contributed by atoms with E-state index in [-0.39, 0.29) is 0 Å². The fourth-order valence-electron chi connectivity index (χ4n) is 2.24. The first kappa shape index (κ1) is 17.6. The number of ether oxygens (including phenoxy) is 1. The zero-order valence-corrected chi connectivity index (χ0v) is 13.4. The number of aryl methyl sites for hydroxylation is 2. The van der Waals surface area contributed by atoms with E-state index in [1.807, 2.05) is 32.0 Å². The van der Waals surface area contributed by atoms with E-state index in [1.54, 1.807) is 0 Å². The van der Waals surface area contributed by atoms with Gasteiger partial charge in [0.25, 0.3) is 5.91 Å². The summed E-state index contributed by atoms with van der Waals surface area (Å²) in [6.45, 7) is 3.25. The first-order chi connectivity index (χ1) is 11.4. The van der Waals surface area contributed by atoms with E-state index in [9.17, 15) is 18.4 Å². The lowest BCUT2D eigenvalue weighted by Gasteiger charge is -2.13. The minimum Gasteiger partial charge on any atom is -0.452 e. The number of rotatable bonds is 5. The number of anilines is 1. The van der Waals surface area contributed by atoms with Gasteiger partial charge in [-0.2, -0.15) is 0 Å². The van der Waals surface area contributed by atoms with Crippen molar-refractivity contribution in [3.8, 4) is 0 Å². The summed E-state index contributed by atoms with van der Waals surface area (Å²) in [6.07, 6.45) is 0.734. The summed E-state index contributed by atoms with van der Waals surface area (Å²) in [6, 6.07) is 8.14. The van der Waals surface area contributed by atoms with Crippen molar-refractivity contribution < 1.29 is 23.1 Å². The highest BCUT2D eigenvalue weighted by Gasteiger charge is 2.16. The smallest absolute Gasteiger partial charge is 0.341 e. The third-order valence-electron chi connectivity index (χ3n) is 3.49. The fourth-order valence-corrected chi connectivity index (χ4v) is 2.24. The Morgan fingerprint density at radius 3 is 2.58 bits per heavy atom. The van der Waals surface area contributed by atoms with Crippen molar-refractivity contribution in [2.24, 2.45) is 0 Å². The molecule has 1 amide bonds.